The van der Waals surface area contributed by atoms with Crippen molar-refractivity contribution in [2.75, 3.05) is 28.3 Å². The van der Waals surface area contributed by atoms with E-state index in [9.17, 15) is 19.5 Å². The van der Waals surface area contributed by atoms with Crippen molar-refractivity contribution in [3.63, 3.8) is 0 Å². The number of ether oxygens (including phenoxy) is 10. The van der Waals surface area contributed by atoms with Gasteiger partial charge in [-0.25, -0.2) is 9.59 Å². The van der Waals surface area contributed by atoms with E-state index in [1.807, 2.05) is 86.5 Å². The van der Waals surface area contributed by atoms with Crippen LogP contribution in [0.4, 0.5) is 0 Å². The molecule has 0 amide bonds. The van der Waals surface area contributed by atoms with Gasteiger partial charge in [0.25, 0.3) is 0 Å². The molecule has 2 aromatic rings. The minimum absolute atomic E-state index is 0.0931. The second-order valence-corrected chi connectivity index (χ2v) is 21.1. The number of nitrogens with zero attached hydrogens (tertiary/aromatic N) is 1. The number of carbonyl (C=O) groups is 3. The van der Waals surface area contributed by atoms with Gasteiger partial charge in [-0.05, 0) is 118 Å². The number of aliphatic hydroxyl groups is 2. The Morgan fingerprint density at radius 1 is 0.789 bits per heavy atom. The Bertz CT molecular complexity index is 2050. The Labute approximate surface area is 421 Å². The van der Waals surface area contributed by atoms with Gasteiger partial charge in [0.2, 0.25) is 0 Å². The molecule has 0 aliphatic carbocycles. The molecule has 71 heavy (non-hydrogen) atoms. The molecule has 0 radical (unpaired) electrons. The normalized spacial score (nSPS) is 39.0. The zero-order valence-electron chi connectivity index (χ0n) is 44.7. The molecule has 18 atom stereocenters. The molecule has 398 valence electrons. The molecule has 4 aliphatic rings. The number of carbonyl (C=O) groups excluding carboxylic acids is 3. The van der Waals surface area contributed by atoms with E-state index in [1.165, 1.54) is 0 Å². The van der Waals surface area contributed by atoms with E-state index >= 15 is 0 Å². The van der Waals surface area contributed by atoms with E-state index in [2.05, 4.69) is 6.58 Å². The van der Waals surface area contributed by atoms with E-state index in [-0.39, 0.29) is 36.8 Å². The highest BCUT2D eigenvalue weighted by atomic mass is 16.7. The Morgan fingerprint density at radius 2 is 1.37 bits per heavy atom. The van der Waals surface area contributed by atoms with Crippen molar-refractivity contribution in [1.29, 1.82) is 0 Å². The third kappa shape index (κ3) is 13.7. The van der Waals surface area contributed by atoms with Crippen LogP contribution in [0.5, 0.6) is 0 Å². The van der Waals surface area contributed by atoms with Gasteiger partial charge < -0.3 is 62.5 Å². The summed E-state index contributed by atoms with van der Waals surface area (Å²) in [5.41, 5.74) is -1.42. The van der Waals surface area contributed by atoms with Crippen LogP contribution >= 0.6 is 0 Å². The zero-order chi connectivity index (χ0) is 52.7. The van der Waals surface area contributed by atoms with Crippen LogP contribution in [0.1, 0.15) is 123 Å². The van der Waals surface area contributed by atoms with Crippen molar-refractivity contribution in [2.24, 2.45) is 23.7 Å². The molecule has 0 saturated carbocycles. The third-order valence-corrected chi connectivity index (χ3v) is 14.8. The summed E-state index contributed by atoms with van der Waals surface area (Å²) in [4.78, 5) is 44.0. The molecule has 4 saturated heterocycles. The molecular weight excluding hydrogens is 915 g/mol. The third-order valence-electron chi connectivity index (χ3n) is 14.8. The maximum Gasteiger partial charge on any atom is 0.338 e. The first-order valence-corrected chi connectivity index (χ1v) is 25.2. The monoisotopic (exact) mass is 998 g/mol. The van der Waals surface area contributed by atoms with Gasteiger partial charge in [0.05, 0.1) is 65.3 Å². The number of hydrogen-bond acceptors (Lipinski definition) is 16. The summed E-state index contributed by atoms with van der Waals surface area (Å²) in [6.45, 7) is 25.0. The lowest BCUT2D eigenvalue weighted by Gasteiger charge is -2.51. The SMILES string of the molecule is C=C1[C@@H](CC)OC(=O)[C@H](C)[C@@H](O[C@H]2C[C@@](C)(OC)[C@@H](OC(=O)c3ccccc3)[C@H](C)O2)[C@H](C)[C@@H](O[C@@H]2O[C@H](C)C[C@H](N(C)C)[C@H]2OC(=O)c2ccccc2)[C@@](C)(O)C[C@@H](C)[C@@H]2OC(C)(C)O[C@@H]1[C@H]2C.CO. The maximum absolute atomic E-state index is 14.8. The predicted octanol–water partition coefficient (Wildman–Crippen LogP) is 7.52. The predicted molar refractivity (Wildman–Crippen MR) is 265 cm³/mol. The highest BCUT2D eigenvalue weighted by Gasteiger charge is 2.55. The Balaban J connectivity index is 0.00000463. The summed E-state index contributed by atoms with van der Waals surface area (Å²) in [5, 5.41) is 20.2. The minimum Gasteiger partial charge on any atom is -0.457 e. The van der Waals surface area contributed by atoms with Crippen LogP contribution in [-0.4, -0.2) is 152 Å². The van der Waals surface area contributed by atoms with Crippen molar-refractivity contribution in [1.82, 2.24) is 4.90 Å². The zero-order valence-corrected chi connectivity index (χ0v) is 44.7. The van der Waals surface area contributed by atoms with Crippen molar-refractivity contribution in [3.05, 3.63) is 83.9 Å². The molecule has 6 rings (SSSR count). The van der Waals surface area contributed by atoms with E-state index in [0.29, 0.717) is 29.5 Å². The lowest BCUT2D eigenvalue weighted by atomic mass is 9.74. The number of benzene rings is 2. The lowest BCUT2D eigenvalue weighted by molar-refractivity contribution is -0.329. The molecule has 16 heteroatoms. The molecule has 4 aliphatic heterocycles. The average molecular weight is 998 g/mol. The summed E-state index contributed by atoms with van der Waals surface area (Å²) >= 11 is 0. The van der Waals surface area contributed by atoms with Crippen molar-refractivity contribution in [2.45, 2.75) is 192 Å². The fourth-order valence-electron chi connectivity index (χ4n) is 11.1. The van der Waals surface area contributed by atoms with Crippen LogP contribution in [0.3, 0.4) is 0 Å². The largest absolute Gasteiger partial charge is 0.457 e. The number of hydrogen-bond donors (Lipinski definition) is 2. The Hall–Kier alpha value is -3.81. The summed E-state index contributed by atoms with van der Waals surface area (Å²) in [7, 11) is 6.37. The highest BCUT2D eigenvalue weighted by Crippen LogP contribution is 2.45. The van der Waals surface area contributed by atoms with Crippen LogP contribution in [0.15, 0.2) is 72.8 Å². The number of aliphatic hydroxyl groups excluding tert-OH is 1. The van der Waals surface area contributed by atoms with Gasteiger partial charge in [-0.1, -0.05) is 70.7 Å². The molecule has 4 fully saturated rings. The Morgan fingerprint density at radius 3 is 1.92 bits per heavy atom. The Kier molecular flexibility index (Phi) is 20.0. The number of rotatable bonds is 11. The van der Waals surface area contributed by atoms with Crippen molar-refractivity contribution in [3.8, 4) is 0 Å². The molecule has 0 aromatic heterocycles. The van der Waals surface area contributed by atoms with Crippen LogP contribution in [0.2, 0.25) is 0 Å². The van der Waals surface area contributed by atoms with Crippen molar-refractivity contribution < 1.29 is 72.0 Å². The molecule has 2 aromatic carbocycles. The highest BCUT2D eigenvalue weighted by molar-refractivity contribution is 5.90. The summed E-state index contributed by atoms with van der Waals surface area (Å²) in [5.74, 6) is -5.03. The second kappa shape index (κ2) is 24.5. The van der Waals surface area contributed by atoms with E-state index in [1.54, 1.807) is 76.4 Å². The van der Waals surface area contributed by atoms with Gasteiger partial charge >= 0.3 is 17.9 Å². The van der Waals surface area contributed by atoms with Gasteiger partial charge in [-0.2, -0.15) is 0 Å². The van der Waals surface area contributed by atoms with Gasteiger partial charge in [0.1, 0.15) is 11.7 Å². The van der Waals surface area contributed by atoms with Crippen LogP contribution in [0.25, 0.3) is 0 Å². The molecule has 0 unspecified atom stereocenters. The number of esters is 3. The standard InChI is InChI=1S/C54H79NO14.CH4O/c1-16-40-32(4)44-33(5)42(68-52(9,10)69-44)30(2)28-53(11,59)46(67-51-45(39(55(13)14)27-31(3)61-51)65-49(57)37-23-19-17-20-24-37)34(6)43(35(7)48(56)63-40)64-41-29-54(12,60-15)47(36(8)62-41)66-50(58)38-25-21-18-22-26-38;1-2/h17-26,30-31,33-36,39-47,51,59H,4,16,27-29H2,1-3,5-15H3;2H,1H3/t30-,31-,33+,34+,35-,36+,39+,40-,41+,42+,43+,44+,45-,46-,47+,51+,53+,54-;/m1./s1. The first-order chi connectivity index (χ1) is 33.4. The average Bonchev–Trinajstić information content (AvgIpc) is 3.33. The smallest absolute Gasteiger partial charge is 0.338 e. The lowest BCUT2D eigenvalue weighted by Crippen LogP contribution is -2.62. The number of likely N-dealkylation sites (N-methyl/N-ethyl adjacent to an activating group) is 1. The fourth-order valence-corrected chi connectivity index (χ4v) is 11.1. The van der Waals surface area contributed by atoms with E-state index in [0.717, 1.165) is 7.11 Å². The van der Waals surface area contributed by atoms with Gasteiger partial charge in [-0.15, -0.1) is 0 Å². The quantitative estimate of drug-likeness (QED) is 0.128. The van der Waals surface area contributed by atoms with Gasteiger partial charge in [0.15, 0.2) is 30.6 Å². The molecule has 0 spiro atoms. The topological polar surface area (TPSA) is 187 Å². The van der Waals surface area contributed by atoms with E-state index in [4.69, 9.17) is 52.5 Å². The first kappa shape index (κ1) is 58.1. The van der Waals surface area contributed by atoms with Crippen LogP contribution in [0, 0.1) is 23.7 Å². The second-order valence-electron chi connectivity index (χ2n) is 21.1. The van der Waals surface area contributed by atoms with Crippen LogP contribution < -0.4 is 0 Å². The number of methoxy groups -OCH3 is 1. The number of fused-ring (bicyclic) bond motifs is 2. The number of cyclic esters (lactones) is 1. The molecule has 16 nitrogen and oxygen atoms in total. The molecule has 4 heterocycles. The molecule has 2 bridgehead atoms. The first-order valence-electron chi connectivity index (χ1n) is 25.2. The summed E-state index contributed by atoms with van der Waals surface area (Å²) in [6.07, 6.45) is -7.73. The summed E-state index contributed by atoms with van der Waals surface area (Å²) in [6, 6.07) is 17.1. The van der Waals surface area contributed by atoms with Gasteiger partial charge in [0, 0.05) is 32.5 Å². The molecule has 2 N–H and O–H groups in total. The van der Waals surface area contributed by atoms with E-state index < -0.39 is 108 Å². The maximum atomic E-state index is 14.8. The molecular formula is C55H83NO15. The van der Waals surface area contributed by atoms with Crippen LogP contribution in [-0.2, 0) is 52.2 Å². The fraction of sp³-hybridized carbons (Fsp3) is 0.691. The van der Waals surface area contributed by atoms with Gasteiger partial charge in [-0.3, -0.25) is 4.79 Å². The summed E-state index contributed by atoms with van der Waals surface area (Å²) < 4.78 is 65.5. The van der Waals surface area contributed by atoms with Crippen molar-refractivity contribution >= 4 is 17.9 Å². The minimum atomic E-state index is -1.68.